The van der Waals surface area contributed by atoms with E-state index in [4.69, 9.17) is 27.9 Å². The number of H-pyrrole nitrogens is 1. The van der Waals surface area contributed by atoms with Gasteiger partial charge in [0.1, 0.15) is 17.5 Å². The second-order valence-corrected chi connectivity index (χ2v) is 15.4. The quantitative estimate of drug-likeness (QED) is 0.0848. The van der Waals surface area contributed by atoms with E-state index in [0.717, 1.165) is 17.7 Å². The number of nitrogens with one attached hydrogen (secondary N) is 6. The molecule has 4 heterocycles. The largest absolute Gasteiger partial charge is 0.483 e. The number of hydrogen-bond acceptors (Lipinski definition) is 11. The predicted molar refractivity (Wildman–Crippen MR) is 218 cm³/mol. The molecule has 3 aliphatic heterocycles. The van der Waals surface area contributed by atoms with Gasteiger partial charge in [-0.3, -0.25) is 58.5 Å². The minimum Gasteiger partial charge on any atom is -0.483 e. The maximum atomic E-state index is 13.2. The maximum Gasteiger partial charge on any atom is 0.271 e. The zero-order chi connectivity index (χ0) is 43.6. The van der Waals surface area contributed by atoms with Crippen molar-refractivity contribution in [2.45, 2.75) is 69.9 Å². The zero-order valence-corrected chi connectivity index (χ0v) is 34.3. The van der Waals surface area contributed by atoms with Crippen molar-refractivity contribution in [2.24, 2.45) is 0 Å². The van der Waals surface area contributed by atoms with Crippen LogP contribution in [0.4, 0.5) is 5.69 Å². The van der Waals surface area contributed by atoms with Gasteiger partial charge < -0.3 is 30.9 Å². The van der Waals surface area contributed by atoms with Crippen LogP contribution in [0.15, 0.2) is 42.6 Å². The molecule has 2 aromatic carbocycles. The number of anilines is 1. The molecule has 61 heavy (non-hydrogen) atoms. The lowest BCUT2D eigenvalue weighted by atomic mass is 10.0. The van der Waals surface area contributed by atoms with Crippen LogP contribution in [0, 0.1) is 0 Å². The van der Waals surface area contributed by atoms with Crippen molar-refractivity contribution in [1.82, 2.24) is 41.3 Å². The van der Waals surface area contributed by atoms with Crippen molar-refractivity contribution >= 4 is 82.1 Å². The molecule has 3 aromatic rings. The standard InChI is InChI=1S/C40H43Cl2N9O10/c41-24-8-6-9-25(42)34(24)37(57)47-26-19-45-49-35(26)38(58)46-22-14-17-50(18-15-22)32(55)11-3-1-2-4-16-43-30(53)20-44-31(54)21-61-28-10-5-7-23-33(28)40(60)51(39(23)59)27-12-13-29(52)48-36(27)56/h5-10,19,22,27H,1-4,11-18,20-21H2,(H,43,53)(H,44,54)(H,45,49)(H,46,58)(H,47,57)(H,48,52,56). The van der Waals surface area contributed by atoms with Crippen molar-refractivity contribution in [3.63, 3.8) is 0 Å². The molecule has 0 saturated carbocycles. The minimum absolute atomic E-state index is 0.00247. The van der Waals surface area contributed by atoms with Gasteiger partial charge in [0.05, 0.1) is 45.2 Å². The summed E-state index contributed by atoms with van der Waals surface area (Å²) in [6.45, 7) is 0.477. The summed E-state index contributed by atoms with van der Waals surface area (Å²) in [6, 6.07) is 7.63. The van der Waals surface area contributed by atoms with E-state index in [2.05, 4.69) is 36.8 Å². The fraction of sp³-hybridized carbons (Fsp3) is 0.400. The number of fused-ring (bicyclic) bond motifs is 1. The summed E-state index contributed by atoms with van der Waals surface area (Å²) in [5.74, 6) is -4.82. The van der Waals surface area contributed by atoms with Crippen LogP contribution in [-0.4, -0.2) is 118 Å². The van der Waals surface area contributed by atoms with E-state index >= 15 is 0 Å². The first-order chi connectivity index (χ1) is 29.3. The minimum atomic E-state index is -1.15. The molecule has 0 radical (unpaired) electrons. The first-order valence-electron chi connectivity index (χ1n) is 19.7. The Morgan fingerprint density at radius 3 is 2.30 bits per heavy atom. The van der Waals surface area contributed by atoms with E-state index in [1.807, 2.05) is 0 Å². The highest BCUT2D eigenvalue weighted by Crippen LogP contribution is 2.34. The number of halogens is 2. The summed E-state index contributed by atoms with van der Waals surface area (Å²) in [6.07, 6.45) is 5.66. The number of aromatic nitrogens is 2. The van der Waals surface area contributed by atoms with Crippen molar-refractivity contribution < 1.29 is 47.9 Å². The Kier molecular flexibility index (Phi) is 14.7. The van der Waals surface area contributed by atoms with Crippen LogP contribution in [0.5, 0.6) is 5.75 Å². The molecule has 1 unspecified atom stereocenters. The number of carbonyl (C=O) groups excluding carboxylic acids is 9. The second kappa shape index (κ2) is 20.3. The Bertz CT molecular complexity index is 2220. The lowest BCUT2D eigenvalue weighted by Crippen LogP contribution is -2.54. The third-order valence-corrected chi connectivity index (χ3v) is 11.0. The van der Waals surface area contributed by atoms with Crippen LogP contribution in [0.1, 0.15) is 99.3 Å². The van der Waals surface area contributed by atoms with Crippen LogP contribution in [0.3, 0.4) is 0 Å². The molecule has 6 rings (SSSR count). The maximum absolute atomic E-state index is 13.2. The van der Waals surface area contributed by atoms with Gasteiger partial charge in [-0.25, -0.2) is 0 Å². The third kappa shape index (κ3) is 10.9. The lowest BCUT2D eigenvalue weighted by molar-refractivity contribution is -0.136. The highest BCUT2D eigenvalue weighted by Gasteiger charge is 2.46. The molecule has 9 amide bonds. The molecule has 0 bridgehead atoms. The van der Waals surface area contributed by atoms with Gasteiger partial charge in [-0.1, -0.05) is 48.2 Å². The van der Waals surface area contributed by atoms with Crippen molar-refractivity contribution in [2.75, 3.05) is 38.1 Å². The molecule has 6 N–H and O–H groups in total. The number of amides is 9. The van der Waals surface area contributed by atoms with E-state index < -0.39 is 59.9 Å². The summed E-state index contributed by atoms with van der Waals surface area (Å²) >= 11 is 12.3. The smallest absolute Gasteiger partial charge is 0.271 e. The van der Waals surface area contributed by atoms with Crippen molar-refractivity contribution in [1.29, 1.82) is 0 Å². The number of ether oxygens (including phenoxy) is 1. The SMILES string of the molecule is O=C(CNC(=O)COc1cccc2c1C(=O)N(C1CCC(=O)NC1=O)C2=O)NCCCCCCC(=O)N1CCC(NC(=O)c2[nH]ncc2NC(=O)c2c(Cl)cccc2Cl)CC1. The number of nitrogens with zero attached hydrogens (tertiary/aromatic N) is 3. The topological polar surface area (TPSA) is 258 Å². The van der Waals surface area contributed by atoms with Gasteiger partial charge >= 0.3 is 0 Å². The van der Waals surface area contributed by atoms with Gasteiger partial charge in [0.15, 0.2) is 6.61 Å². The number of unbranched alkanes of at least 4 members (excludes halogenated alkanes) is 3. The highest BCUT2D eigenvalue weighted by molar-refractivity contribution is 6.40. The number of imide groups is 2. The van der Waals surface area contributed by atoms with Gasteiger partial charge in [0.2, 0.25) is 23.6 Å². The normalized spacial score (nSPS) is 16.5. The van der Waals surface area contributed by atoms with Gasteiger partial charge in [0, 0.05) is 38.5 Å². The van der Waals surface area contributed by atoms with Gasteiger partial charge in [-0.05, 0) is 56.4 Å². The van der Waals surface area contributed by atoms with Gasteiger partial charge in [-0.2, -0.15) is 5.10 Å². The number of aromatic amines is 1. The second-order valence-electron chi connectivity index (χ2n) is 14.5. The van der Waals surface area contributed by atoms with Crippen molar-refractivity contribution in [3.8, 4) is 5.75 Å². The zero-order valence-electron chi connectivity index (χ0n) is 32.8. The number of benzene rings is 2. The Hall–Kier alpha value is -6.34. The van der Waals surface area contributed by atoms with E-state index in [1.165, 1.54) is 36.5 Å². The summed E-state index contributed by atoms with van der Waals surface area (Å²) in [7, 11) is 0. The van der Waals surface area contributed by atoms with E-state index in [0.29, 0.717) is 51.7 Å². The van der Waals surface area contributed by atoms with Crippen molar-refractivity contribution in [3.05, 3.63) is 75.0 Å². The Morgan fingerprint density at radius 1 is 0.836 bits per heavy atom. The van der Waals surface area contributed by atoms with Crippen LogP contribution in [-0.2, 0) is 24.0 Å². The highest BCUT2D eigenvalue weighted by atomic mass is 35.5. The number of piperidine rings is 2. The monoisotopic (exact) mass is 879 g/mol. The fourth-order valence-corrected chi connectivity index (χ4v) is 7.73. The van der Waals surface area contributed by atoms with Gasteiger partial charge in [-0.15, -0.1) is 0 Å². The molecule has 1 atom stereocenters. The molecule has 0 spiro atoms. The van der Waals surface area contributed by atoms with Crippen LogP contribution >= 0.6 is 23.2 Å². The summed E-state index contributed by atoms with van der Waals surface area (Å²) < 4.78 is 5.53. The number of likely N-dealkylation sites (tertiary alicyclic amines) is 1. The molecule has 3 aliphatic rings. The Labute approximate surface area is 358 Å². The summed E-state index contributed by atoms with van der Waals surface area (Å²) in [4.78, 5) is 116. The molecule has 0 aliphatic carbocycles. The summed E-state index contributed by atoms with van der Waals surface area (Å²) in [5, 5.41) is 19.7. The molecule has 2 fully saturated rings. The lowest BCUT2D eigenvalue weighted by Gasteiger charge is -2.32. The number of hydrogen-bond donors (Lipinski definition) is 6. The van der Waals surface area contributed by atoms with Crippen LogP contribution in [0.25, 0.3) is 0 Å². The number of carbonyl (C=O) groups is 9. The predicted octanol–water partition coefficient (Wildman–Crippen LogP) is 2.35. The fourth-order valence-electron chi connectivity index (χ4n) is 7.16. The van der Waals surface area contributed by atoms with Crippen LogP contribution in [0.2, 0.25) is 10.0 Å². The Morgan fingerprint density at radius 2 is 1.56 bits per heavy atom. The molecular weight excluding hydrogens is 837 g/mol. The average Bonchev–Trinajstić information content (AvgIpc) is 3.80. The molecule has 322 valence electrons. The first kappa shape index (κ1) is 44.2. The Balaban J connectivity index is 0.810. The molecule has 1 aromatic heterocycles. The number of rotatable bonds is 17. The molecule has 2 saturated heterocycles. The third-order valence-electron chi connectivity index (χ3n) is 10.4. The molecule has 19 nitrogen and oxygen atoms in total. The van der Waals surface area contributed by atoms with E-state index in [1.54, 1.807) is 11.0 Å². The first-order valence-corrected chi connectivity index (χ1v) is 20.5. The summed E-state index contributed by atoms with van der Waals surface area (Å²) in [5.41, 5.74) is 0.226. The molecule has 21 heteroatoms. The van der Waals surface area contributed by atoms with Crippen LogP contribution < -0.4 is 31.3 Å². The van der Waals surface area contributed by atoms with Gasteiger partial charge in [0.25, 0.3) is 29.5 Å². The average molecular weight is 881 g/mol. The van der Waals surface area contributed by atoms with E-state index in [-0.39, 0.29) is 75.2 Å². The molecular formula is C40H43Cl2N9O10. The van der Waals surface area contributed by atoms with E-state index in [9.17, 15) is 43.2 Å².